The molecule has 1 aromatic heterocycles. The summed E-state index contributed by atoms with van der Waals surface area (Å²) in [6.07, 6.45) is 2.51. The number of esters is 2. The third kappa shape index (κ3) is 9.08. The summed E-state index contributed by atoms with van der Waals surface area (Å²) in [5.74, 6) is -0.0267. The minimum atomic E-state index is -0.730. The largest absolute Gasteiger partial charge is 0.492 e. The Balaban J connectivity index is 1.76. The highest BCUT2D eigenvalue weighted by molar-refractivity contribution is 6.34. The molecular formula is C31H37ClN2O5. The first kappa shape index (κ1) is 30.1. The van der Waals surface area contributed by atoms with Gasteiger partial charge in [0.25, 0.3) is 0 Å². The van der Waals surface area contributed by atoms with Crippen LogP contribution in [0.2, 0.25) is 5.02 Å². The van der Waals surface area contributed by atoms with E-state index in [9.17, 15) is 9.59 Å². The number of carbonyl (C=O) groups is 2. The second-order valence-electron chi connectivity index (χ2n) is 9.55. The lowest BCUT2D eigenvalue weighted by atomic mass is 9.99. The summed E-state index contributed by atoms with van der Waals surface area (Å²) in [5.41, 5.74) is 3.24. The molecule has 0 saturated heterocycles. The number of halogens is 1. The smallest absolute Gasteiger partial charge is 0.323 e. The minimum absolute atomic E-state index is 0.169. The van der Waals surface area contributed by atoms with Crippen LogP contribution in [0.3, 0.4) is 0 Å². The summed E-state index contributed by atoms with van der Waals surface area (Å²) in [6.45, 7) is 8.62. The van der Waals surface area contributed by atoms with Crippen molar-refractivity contribution in [3.63, 3.8) is 0 Å². The Labute approximate surface area is 235 Å². The van der Waals surface area contributed by atoms with Crippen molar-refractivity contribution in [3.8, 4) is 17.0 Å². The fourth-order valence-electron chi connectivity index (χ4n) is 4.16. The van der Waals surface area contributed by atoms with Gasteiger partial charge in [-0.05, 0) is 43.7 Å². The summed E-state index contributed by atoms with van der Waals surface area (Å²) in [4.78, 5) is 30.4. The van der Waals surface area contributed by atoms with Gasteiger partial charge in [0.2, 0.25) is 0 Å². The topological polar surface area (TPSA) is 86.8 Å². The molecule has 7 nitrogen and oxygen atoms in total. The van der Waals surface area contributed by atoms with Crippen molar-refractivity contribution in [1.29, 1.82) is 0 Å². The molecule has 2 atom stereocenters. The normalized spacial score (nSPS) is 12.6. The molecule has 0 amide bonds. The van der Waals surface area contributed by atoms with E-state index in [0.29, 0.717) is 35.9 Å². The first-order valence-corrected chi connectivity index (χ1v) is 13.7. The zero-order valence-corrected chi connectivity index (χ0v) is 23.7. The van der Waals surface area contributed by atoms with Crippen LogP contribution in [0.25, 0.3) is 11.3 Å². The SMILES string of the molecule is CCOC(=O)C(Cc1ccc(-c2nccc(OCC)c2Cl)cc1)NC(CC(C)C)C(=O)OCc1ccccc1. The molecule has 3 aromatic rings. The second-order valence-corrected chi connectivity index (χ2v) is 9.93. The van der Waals surface area contributed by atoms with E-state index < -0.39 is 24.0 Å². The molecule has 0 saturated carbocycles. The van der Waals surface area contributed by atoms with Crippen LogP contribution >= 0.6 is 11.6 Å². The van der Waals surface area contributed by atoms with Gasteiger partial charge in [0.1, 0.15) is 29.5 Å². The fourth-order valence-corrected chi connectivity index (χ4v) is 4.43. The predicted molar refractivity (Wildman–Crippen MR) is 153 cm³/mol. The fraction of sp³-hybridized carbons (Fsp3) is 0.387. The van der Waals surface area contributed by atoms with Crippen molar-refractivity contribution in [2.24, 2.45) is 5.92 Å². The number of hydrogen-bond donors (Lipinski definition) is 1. The van der Waals surface area contributed by atoms with Crippen LogP contribution in [0.1, 0.15) is 45.2 Å². The second kappa shape index (κ2) is 15.2. The van der Waals surface area contributed by atoms with Gasteiger partial charge in [-0.15, -0.1) is 0 Å². The van der Waals surface area contributed by atoms with Gasteiger partial charge in [-0.2, -0.15) is 0 Å². The molecule has 1 N–H and O–H groups in total. The summed E-state index contributed by atoms with van der Waals surface area (Å²) in [5, 5.41) is 3.68. The highest BCUT2D eigenvalue weighted by atomic mass is 35.5. The first-order valence-electron chi connectivity index (χ1n) is 13.3. The molecule has 3 rings (SSSR count). The summed E-state index contributed by atoms with van der Waals surface area (Å²) in [6, 6.07) is 17.5. The Morgan fingerprint density at radius 3 is 2.21 bits per heavy atom. The van der Waals surface area contributed by atoms with Crippen LogP contribution in [0, 0.1) is 5.92 Å². The Morgan fingerprint density at radius 2 is 1.56 bits per heavy atom. The molecular weight excluding hydrogens is 516 g/mol. The van der Waals surface area contributed by atoms with Crippen LogP contribution < -0.4 is 10.1 Å². The summed E-state index contributed by atoms with van der Waals surface area (Å²) in [7, 11) is 0. The number of benzene rings is 2. The molecule has 0 aliphatic rings. The quantitative estimate of drug-likeness (QED) is 0.245. The maximum Gasteiger partial charge on any atom is 0.323 e. The lowest BCUT2D eigenvalue weighted by molar-refractivity contribution is -0.150. The Morgan fingerprint density at radius 1 is 0.872 bits per heavy atom. The van der Waals surface area contributed by atoms with E-state index in [1.54, 1.807) is 19.2 Å². The van der Waals surface area contributed by atoms with Gasteiger partial charge in [-0.3, -0.25) is 19.9 Å². The van der Waals surface area contributed by atoms with E-state index in [0.717, 1.165) is 16.7 Å². The number of pyridine rings is 1. The Kier molecular flexibility index (Phi) is 11.8. The monoisotopic (exact) mass is 552 g/mol. The van der Waals surface area contributed by atoms with Crippen molar-refractivity contribution >= 4 is 23.5 Å². The molecule has 0 radical (unpaired) electrons. The van der Waals surface area contributed by atoms with Crippen LogP contribution in [-0.4, -0.2) is 42.2 Å². The molecule has 208 valence electrons. The van der Waals surface area contributed by atoms with Crippen LogP contribution in [-0.2, 0) is 32.1 Å². The molecule has 0 spiro atoms. The molecule has 0 bridgehead atoms. The molecule has 8 heteroatoms. The van der Waals surface area contributed by atoms with E-state index >= 15 is 0 Å². The number of nitrogens with zero attached hydrogens (tertiary/aromatic N) is 1. The van der Waals surface area contributed by atoms with Gasteiger partial charge in [0, 0.05) is 17.8 Å². The zero-order valence-electron chi connectivity index (χ0n) is 23.0. The highest BCUT2D eigenvalue weighted by Gasteiger charge is 2.29. The predicted octanol–water partition coefficient (Wildman–Crippen LogP) is 6.02. The number of hydrogen-bond acceptors (Lipinski definition) is 7. The molecule has 2 aromatic carbocycles. The summed E-state index contributed by atoms with van der Waals surface area (Å²) < 4.78 is 16.5. The highest BCUT2D eigenvalue weighted by Crippen LogP contribution is 2.33. The standard InChI is InChI=1S/C31H37ClN2O5/c1-5-37-27-16-17-33-29(28(27)32)24-14-12-22(13-15-24)19-26(30(35)38-6-2)34-25(18-21(3)4)31(36)39-20-23-10-8-7-9-11-23/h7-17,21,25-26,34H,5-6,18-20H2,1-4H3. The van der Waals surface area contributed by atoms with Crippen molar-refractivity contribution in [3.05, 3.63) is 83.0 Å². The number of carbonyl (C=O) groups excluding carboxylic acids is 2. The average molecular weight is 553 g/mol. The third-order valence-corrected chi connectivity index (χ3v) is 6.38. The minimum Gasteiger partial charge on any atom is -0.492 e. The number of aromatic nitrogens is 1. The Bertz CT molecular complexity index is 1200. The molecule has 0 aliphatic heterocycles. The van der Waals surface area contributed by atoms with Crippen molar-refractivity contribution in [2.45, 2.75) is 59.2 Å². The van der Waals surface area contributed by atoms with Crippen LogP contribution in [0.4, 0.5) is 0 Å². The van der Waals surface area contributed by atoms with Crippen LogP contribution in [0.5, 0.6) is 5.75 Å². The van der Waals surface area contributed by atoms with E-state index in [4.69, 9.17) is 25.8 Å². The van der Waals surface area contributed by atoms with Crippen molar-refractivity contribution in [1.82, 2.24) is 10.3 Å². The van der Waals surface area contributed by atoms with E-state index in [2.05, 4.69) is 10.3 Å². The maximum atomic E-state index is 13.1. The lowest BCUT2D eigenvalue weighted by Crippen LogP contribution is -2.50. The average Bonchev–Trinajstić information content (AvgIpc) is 2.93. The number of nitrogens with one attached hydrogen (secondary N) is 1. The third-order valence-electron chi connectivity index (χ3n) is 6.01. The molecule has 0 aliphatic carbocycles. The van der Waals surface area contributed by atoms with E-state index in [1.807, 2.05) is 75.4 Å². The van der Waals surface area contributed by atoms with Crippen molar-refractivity contribution < 1.29 is 23.8 Å². The van der Waals surface area contributed by atoms with Crippen molar-refractivity contribution in [2.75, 3.05) is 13.2 Å². The molecule has 0 fully saturated rings. The van der Waals surface area contributed by atoms with Gasteiger partial charge < -0.3 is 14.2 Å². The number of ether oxygens (including phenoxy) is 3. The summed E-state index contributed by atoms with van der Waals surface area (Å²) >= 11 is 6.51. The zero-order chi connectivity index (χ0) is 28.2. The van der Waals surface area contributed by atoms with E-state index in [-0.39, 0.29) is 19.1 Å². The first-order chi connectivity index (χ1) is 18.8. The van der Waals surface area contributed by atoms with Gasteiger partial charge in [-0.25, -0.2) is 0 Å². The van der Waals surface area contributed by atoms with E-state index in [1.165, 1.54) is 0 Å². The molecule has 1 heterocycles. The number of rotatable bonds is 14. The van der Waals surface area contributed by atoms with Crippen LogP contribution in [0.15, 0.2) is 66.9 Å². The maximum absolute atomic E-state index is 13.1. The van der Waals surface area contributed by atoms with Gasteiger partial charge in [0.15, 0.2) is 0 Å². The molecule has 39 heavy (non-hydrogen) atoms. The van der Waals surface area contributed by atoms with Gasteiger partial charge >= 0.3 is 11.9 Å². The van der Waals surface area contributed by atoms with Gasteiger partial charge in [-0.1, -0.05) is 80.0 Å². The molecule has 2 unspecified atom stereocenters. The van der Waals surface area contributed by atoms with Gasteiger partial charge in [0.05, 0.1) is 18.9 Å². The lowest BCUT2D eigenvalue weighted by Gasteiger charge is -2.25. The Hall–Kier alpha value is -3.42.